The fraction of sp³-hybridized carbons (Fsp3) is 0.550. The van der Waals surface area contributed by atoms with Crippen LogP contribution in [0.4, 0.5) is 10.2 Å². The largest absolute Gasteiger partial charge is 0.387 e. The zero-order valence-electron chi connectivity index (χ0n) is 16.3. The van der Waals surface area contributed by atoms with Crippen molar-refractivity contribution in [2.45, 2.75) is 32.4 Å². The first-order valence-electron chi connectivity index (χ1n) is 9.50. The number of aliphatic hydroxyl groups excluding tert-OH is 1. The normalized spacial score (nSPS) is 16.1. The van der Waals surface area contributed by atoms with Crippen LogP contribution in [-0.4, -0.2) is 47.7 Å². The minimum Gasteiger partial charge on any atom is -0.387 e. The molecule has 0 saturated carbocycles. The molecule has 27 heavy (non-hydrogen) atoms. The molecule has 1 aromatic heterocycles. The Labute approximate surface area is 159 Å². The van der Waals surface area contributed by atoms with Crippen molar-refractivity contribution >= 4 is 5.82 Å². The Kier molecular flexibility index (Phi) is 6.46. The zero-order valence-corrected chi connectivity index (χ0v) is 16.3. The third kappa shape index (κ3) is 4.66. The number of nitrogens with zero attached hydrogens (tertiary/aromatic N) is 3. The monoisotopic (exact) mass is 376 g/mol. The molecule has 7 heteroatoms. The molecule has 0 aliphatic carbocycles. The van der Waals surface area contributed by atoms with Gasteiger partial charge in [-0.3, -0.25) is 4.68 Å². The summed E-state index contributed by atoms with van der Waals surface area (Å²) < 4.78 is 20.5. The molecule has 1 saturated heterocycles. The number of nitrogens with one attached hydrogen (secondary N) is 1. The lowest BCUT2D eigenvalue weighted by Crippen LogP contribution is -2.38. The molecule has 1 aliphatic rings. The molecule has 2 N–H and O–H groups in total. The second kappa shape index (κ2) is 8.82. The maximum atomic E-state index is 13.0. The number of aromatic nitrogens is 2. The van der Waals surface area contributed by atoms with Gasteiger partial charge in [-0.15, -0.1) is 0 Å². The van der Waals surface area contributed by atoms with Crippen molar-refractivity contribution in [3.05, 3.63) is 46.9 Å². The van der Waals surface area contributed by atoms with Crippen molar-refractivity contribution in [1.29, 1.82) is 0 Å². The molecule has 0 bridgehead atoms. The maximum Gasteiger partial charge on any atom is 0.131 e. The topological polar surface area (TPSA) is 62.5 Å². The molecular weight excluding hydrogens is 347 g/mol. The molecular formula is C20H29FN4O2. The highest BCUT2D eigenvalue weighted by Gasteiger charge is 2.24. The van der Waals surface area contributed by atoms with E-state index in [1.165, 1.54) is 17.7 Å². The molecule has 1 aromatic carbocycles. The summed E-state index contributed by atoms with van der Waals surface area (Å²) in [6.45, 7) is 8.43. The van der Waals surface area contributed by atoms with Gasteiger partial charge in [-0.1, -0.05) is 26.0 Å². The van der Waals surface area contributed by atoms with E-state index < -0.39 is 6.10 Å². The first-order valence-corrected chi connectivity index (χ1v) is 9.50. The lowest BCUT2D eigenvalue weighted by atomic mass is 10.0. The number of aliphatic hydroxyl groups is 1. The van der Waals surface area contributed by atoms with E-state index >= 15 is 0 Å². The third-order valence-electron chi connectivity index (χ3n) is 4.90. The summed E-state index contributed by atoms with van der Waals surface area (Å²) in [6, 6.07) is 5.97. The number of aryl methyl sites for hydroxylation is 1. The van der Waals surface area contributed by atoms with Gasteiger partial charge in [0.1, 0.15) is 11.6 Å². The Hall–Kier alpha value is -1.96. The van der Waals surface area contributed by atoms with Crippen molar-refractivity contribution < 1.29 is 14.2 Å². The Balaban J connectivity index is 1.71. The van der Waals surface area contributed by atoms with Gasteiger partial charge in [0, 0.05) is 38.8 Å². The SMILES string of the molecule is CC(C)c1nn(C)c(N2CCOCC2)c1CNC[C@H](O)c1ccc(F)cc1. The highest BCUT2D eigenvalue weighted by atomic mass is 19.1. The summed E-state index contributed by atoms with van der Waals surface area (Å²) in [5.74, 6) is 1.13. The van der Waals surface area contributed by atoms with Gasteiger partial charge in [-0.2, -0.15) is 5.10 Å². The number of benzene rings is 1. The highest BCUT2D eigenvalue weighted by molar-refractivity contribution is 5.51. The predicted octanol–water partition coefficient (Wildman–Crippen LogP) is 2.34. The molecule has 3 rings (SSSR count). The van der Waals surface area contributed by atoms with Gasteiger partial charge in [-0.25, -0.2) is 4.39 Å². The van der Waals surface area contributed by atoms with Crippen LogP contribution in [0.3, 0.4) is 0 Å². The van der Waals surface area contributed by atoms with E-state index in [4.69, 9.17) is 9.84 Å². The van der Waals surface area contributed by atoms with Crippen molar-refractivity contribution in [2.24, 2.45) is 7.05 Å². The van der Waals surface area contributed by atoms with Crippen LogP contribution in [0.2, 0.25) is 0 Å². The molecule has 0 amide bonds. The summed E-state index contributed by atoms with van der Waals surface area (Å²) in [4.78, 5) is 2.32. The van der Waals surface area contributed by atoms with E-state index in [1.54, 1.807) is 12.1 Å². The second-order valence-electron chi connectivity index (χ2n) is 7.26. The zero-order chi connectivity index (χ0) is 19.4. The molecule has 2 heterocycles. The number of halogens is 1. The van der Waals surface area contributed by atoms with Crippen molar-refractivity contribution in [3.63, 3.8) is 0 Å². The molecule has 148 valence electrons. The summed E-state index contributed by atoms with van der Waals surface area (Å²) in [7, 11) is 1.98. The lowest BCUT2D eigenvalue weighted by molar-refractivity contribution is 0.122. The first kappa shape index (κ1) is 19.8. The number of ether oxygens (including phenoxy) is 1. The first-order chi connectivity index (χ1) is 13.0. The van der Waals surface area contributed by atoms with E-state index in [9.17, 15) is 9.50 Å². The van der Waals surface area contributed by atoms with E-state index in [0.29, 0.717) is 24.6 Å². The predicted molar refractivity (Wildman–Crippen MR) is 103 cm³/mol. The van der Waals surface area contributed by atoms with Gasteiger partial charge in [-0.05, 0) is 23.6 Å². The highest BCUT2D eigenvalue weighted by Crippen LogP contribution is 2.29. The summed E-state index contributed by atoms with van der Waals surface area (Å²) in [5.41, 5.74) is 2.94. The second-order valence-corrected chi connectivity index (χ2v) is 7.26. The standard InChI is InChI=1S/C20H29FN4O2/c1-14(2)19-17(20(24(3)23-19)25-8-10-27-11-9-25)12-22-13-18(26)15-4-6-16(21)7-5-15/h4-7,14,18,22,26H,8-13H2,1-3H3/t18-/m0/s1. The minimum atomic E-state index is -0.684. The molecule has 2 aromatic rings. The van der Waals surface area contributed by atoms with Crippen LogP contribution in [0.15, 0.2) is 24.3 Å². The van der Waals surface area contributed by atoms with Crippen LogP contribution in [0.5, 0.6) is 0 Å². The van der Waals surface area contributed by atoms with E-state index in [1.807, 2.05) is 11.7 Å². The Bertz CT molecular complexity index is 739. The fourth-order valence-corrected chi connectivity index (χ4v) is 3.52. The van der Waals surface area contributed by atoms with Crippen molar-refractivity contribution in [1.82, 2.24) is 15.1 Å². The molecule has 1 aliphatic heterocycles. The van der Waals surface area contributed by atoms with E-state index in [0.717, 1.165) is 37.8 Å². The Morgan fingerprint density at radius 3 is 2.52 bits per heavy atom. The molecule has 0 radical (unpaired) electrons. The summed E-state index contributed by atoms with van der Waals surface area (Å²) in [5, 5.41) is 18.4. The Morgan fingerprint density at radius 2 is 1.89 bits per heavy atom. The molecule has 0 unspecified atom stereocenters. The van der Waals surface area contributed by atoms with Crippen LogP contribution in [0.1, 0.15) is 42.7 Å². The van der Waals surface area contributed by atoms with Crippen LogP contribution in [0.25, 0.3) is 0 Å². The van der Waals surface area contributed by atoms with Gasteiger partial charge < -0.3 is 20.1 Å². The van der Waals surface area contributed by atoms with Crippen LogP contribution >= 0.6 is 0 Å². The van der Waals surface area contributed by atoms with Crippen LogP contribution < -0.4 is 10.2 Å². The smallest absolute Gasteiger partial charge is 0.131 e. The third-order valence-corrected chi connectivity index (χ3v) is 4.90. The number of hydrogen-bond acceptors (Lipinski definition) is 5. The molecule has 1 atom stereocenters. The van der Waals surface area contributed by atoms with Gasteiger partial charge in [0.25, 0.3) is 0 Å². The fourth-order valence-electron chi connectivity index (χ4n) is 3.52. The van der Waals surface area contributed by atoms with Gasteiger partial charge in [0.15, 0.2) is 0 Å². The van der Waals surface area contributed by atoms with Gasteiger partial charge in [0.05, 0.1) is 25.0 Å². The maximum absolute atomic E-state index is 13.0. The van der Waals surface area contributed by atoms with Crippen molar-refractivity contribution in [2.75, 3.05) is 37.7 Å². The van der Waals surface area contributed by atoms with E-state index in [2.05, 4.69) is 24.1 Å². The van der Waals surface area contributed by atoms with E-state index in [-0.39, 0.29) is 5.82 Å². The number of rotatable bonds is 7. The quantitative estimate of drug-likeness (QED) is 0.777. The van der Waals surface area contributed by atoms with Gasteiger partial charge >= 0.3 is 0 Å². The molecule has 6 nitrogen and oxygen atoms in total. The average molecular weight is 376 g/mol. The van der Waals surface area contributed by atoms with Gasteiger partial charge in [0.2, 0.25) is 0 Å². The number of hydrogen-bond donors (Lipinski definition) is 2. The van der Waals surface area contributed by atoms with Crippen molar-refractivity contribution in [3.8, 4) is 0 Å². The average Bonchev–Trinajstić information content (AvgIpc) is 2.99. The van der Waals surface area contributed by atoms with Crippen LogP contribution in [-0.2, 0) is 18.3 Å². The molecule has 0 spiro atoms. The van der Waals surface area contributed by atoms with Crippen LogP contribution in [0, 0.1) is 5.82 Å². The number of morpholine rings is 1. The Morgan fingerprint density at radius 1 is 1.22 bits per heavy atom. The minimum absolute atomic E-state index is 0.300. The number of anilines is 1. The lowest BCUT2D eigenvalue weighted by Gasteiger charge is -2.29. The molecule has 1 fully saturated rings. The summed E-state index contributed by atoms with van der Waals surface area (Å²) >= 11 is 0. The summed E-state index contributed by atoms with van der Waals surface area (Å²) in [6.07, 6.45) is -0.684.